The van der Waals surface area contributed by atoms with Gasteiger partial charge in [-0.25, -0.2) is 9.67 Å². The Balaban J connectivity index is 2.04. The van der Waals surface area contributed by atoms with Crippen molar-refractivity contribution in [3.63, 3.8) is 0 Å². The predicted octanol–water partition coefficient (Wildman–Crippen LogP) is 1.30. The number of nitrogens with zero attached hydrogens (tertiary/aromatic N) is 3. The quantitative estimate of drug-likeness (QED) is 0.840. The second kappa shape index (κ2) is 6.99. The molecular formula is C15H21N5O. The van der Waals surface area contributed by atoms with Gasteiger partial charge in [-0.3, -0.25) is 4.79 Å². The summed E-state index contributed by atoms with van der Waals surface area (Å²) in [5.41, 5.74) is 2.55. The van der Waals surface area contributed by atoms with Gasteiger partial charge in [0.2, 0.25) is 0 Å². The summed E-state index contributed by atoms with van der Waals surface area (Å²) < 4.78 is 1.68. The number of aryl methyl sites for hydroxylation is 1. The molecular weight excluding hydrogens is 266 g/mol. The van der Waals surface area contributed by atoms with E-state index in [-0.39, 0.29) is 11.9 Å². The van der Waals surface area contributed by atoms with Crippen molar-refractivity contribution in [1.29, 1.82) is 0 Å². The Morgan fingerprint density at radius 3 is 2.86 bits per heavy atom. The average Bonchev–Trinajstić information content (AvgIpc) is 2.99. The fraction of sp³-hybridized carbons (Fsp3) is 0.400. The average molecular weight is 287 g/mol. The number of amides is 1. The minimum Gasteiger partial charge on any atom is -0.350 e. The summed E-state index contributed by atoms with van der Waals surface area (Å²) >= 11 is 0. The van der Waals surface area contributed by atoms with Gasteiger partial charge in [-0.05, 0) is 44.2 Å². The molecule has 6 nitrogen and oxygen atoms in total. The first kappa shape index (κ1) is 15.2. The summed E-state index contributed by atoms with van der Waals surface area (Å²) in [5.74, 6) is -0.0620. The summed E-state index contributed by atoms with van der Waals surface area (Å²) in [7, 11) is 0. The number of aromatic nitrogens is 3. The van der Waals surface area contributed by atoms with Crippen molar-refractivity contribution in [3.8, 4) is 5.69 Å². The Bertz CT molecular complexity index is 594. The van der Waals surface area contributed by atoms with Gasteiger partial charge in [0.25, 0.3) is 5.91 Å². The summed E-state index contributed by atoms with van der Waals surface area (Å²) in [6.45, 7) is 7.54. The second-order valence-electron chi connectivity index (χ2n) is 5.01. The standard InChI is InChI=1S/C15H21N5O/c1-4-17-12(3)8-18-15(21)13-5-6-14(11(2)7-13)20-10-16-9-19-20/h5-7,9-10,12,17H,4,8H2,1-3H3,(H,18,21)/t12-/m1/s1. The molecule has 1 heterocycles. The minimum absolute atomic E-state index is 0.0620. The molecule has 0 spiro atoms. The first-order chi connectivity index (χ1) is 10.1. The number of carbonyl (C=O) groups is 1. The number of hydrogen-bond donors (Lipinski definition) is 2. The number of rotatable bonds is 6. The van der Waals surface area contributed by atoms with Crippen LogP contribution in [0.2, 0.25) is 0 Å². The van der Waals surface area contributed by atoms with Crippen molar-refractivity contribution < 1.29 is 4.79 Å². The first-order valence-corrected chi connectivity index (χ1v) is 7.09. The van der Waals surface area contributed by atoms with Crippen LogP contribution in [0.15, 0.2) is 30.9 Å². The molecule has 2 N–H and O–H groups in total. The zero-order chi connectivity index (χ0) is 15.2. The van der Waals surface area contributed by atoms with E-state index in [9.17, 15) is 4.79 Å². The molecule has 0 fully saturated rings. The van der Waals surface area contributed by atoms with Crippen LogP contribution in [-0.4, -0.2) is 39.8 Å². The van der Waals surface area contributed by atoms with Crippen molar-refractivity contribution in [2.45, 2.75) is 26.8 Å². The van der Waals surface area contributed by atoms with E-state index in [0.717, 1.165) is 17.8 Å². The lowest BCUT2D eigenvalue weighted by molar-refractivity contribution is 0.0950. The summed E-state index contributed by atoms with van der Waals surface area (Å²) in [4.78, 5) is 16.1. The van der Waals surface area contributed by atoms with E-state index in [1.165, 1.54) is 6.33 Å². The number of hydrogen-bond acceptors (Lipinski definition) is 4. The normalized spacial score (nSPS) is 12.1. The van der Waals surface area contributed by atoms with Crippen LogP contribution < -0.4 is 10.6 Å². The van der Waals surface area contributed by atoms with Gasteiger partial charge in [0.1, 0.15) is 12.7 Å². The van der Waals surface area contributed by atoms with Crippen molar-refractivity contribution in [2.24, 2.45) is 0 Å². The molecule has 2 rings (SSSR count). The van der Waals surface area contributed by atoms with Crippen LogP contribution in [0.4, 0.5) is 0 Å². The Kier molecular flexibility index (Phi) is 5.05. The van der Waals surface area contributed by atoms with Gasteiger partial charge < -0.3 is 10.6 Å². The number of benzene rings is 1. The third-order valence-electron chi connectivity index (χ3n) is 3.25. The maximum absolute atomic E-state index is 12.1. The van der Waals surface area contributed by atoms with E-state index in [1.54, 1.807) is 17.1 Å². The smallest absolute Gasteiger partial charge is 0.251 e. The van der Waals surface area contributed by atoms with E-state index >= 15 is 0 Å². The molecule has 1 aromatic carbocycles. The fourth-order valence-corrected chi connectivity index (χ4v) is 2.15. The monoisotopic (exact) mass is 287 g/mol. The van der Waals surface area contributed by atoms with Crippen LogP contribution in [-0.2, 0) is 0 Å². The van der Waals surface area contributed by atoms with E-state index in [1.807, 2.05) is 32.9 Å². The molecule has 0 unspecified atom stereocenters. The van der Waals surface area contributed by atoms with Crippen LogP contribution in [0.1, 0.15) is 29.8 Å². The summed E-state index contributed by atoms with van der Waals surface area (Å²) in [5, 5.41) is 10.3. The van der Waals surface area contributed by atoms with Crippen LogP contribution >= 0.6 is 0 Å². The highest BCUT2D eigenvalue weighted by atomic mass is 16.1. The predicted molar refractivity (Wildman–Crippen MR) is 81.6 cm³/mol. The summed E-state index contributed by atoms with van der Waals surface area (Å²) in [6.07, 6.45) is 3.13. The van der Waals surface area contributed by atoms with Crippen molar-refractivity contribution in [1.82, 2.24) is 25.4 Å². The van der Waals surface area contributed by atoms with Crippen LogP contribution in [0.3, 0.4) is 0 Å². The lowest BCUT2D eigenvalue weighted by Gasteiger charge is -2.14. The summed E-state index contributed by atoms with van der Waals surface area (Å²) in [6, 6.07) is 5.81. The Morgan fingerprint density at radius 2 is 2.24 bits per heavy atom. The third kappa shape index (κ3) is 3.88. The van der Waals surface area contributed by atoms with Crippen molar-refractivity contribution in [2.75, 3.05) is 13.1 Å². The maximum atomic E-state index is 12.1. The highest BCUT2D eigenvalue weighted by Crippen LogP contribution is 2.14. The van der Waals surface area contributed by atoms with Crippen molar-refractivity contribution in [3.05, 3.63) is 42.0 Å². The van der Waals surface area contributed by atoms with Gasteiger partial charge >= 0.3 is 0 Å². The minimum atomic E-state index is -0.0620. The zero-order valence-electron chi connectivity index (χ0n) is 12.6. The van der Waals surface area contributed by atoms with Crippen LogP contribution in [0.5, 0.6) is 0 Å². The fourth-order valence-electron chi connectivity index (χ4n) is 2.15. The molecule has 0 saturated heterocycles. The molecule has 1 aromatic heterocycles. The molecule has 2 aromatic rings. The molecule has 1 amide bonds. The van der Waals surface area contributed by atoms with Gasteiger partial charge in [-0.15, -0.1) is 0 Å². The van der Waals surface area contributed by atoms with E-state index in [0.29, 0.717) is 12.1 Å². The molecule has 112 valence electrons. The topological polar surface area (TPSA) is 71.8 Å². The molecule has 0 aliphatic carbocycles. The number of carbonyl (C=O) groups excluding carboxylic acids is 1. The Morgan fingerprint density at radius 1 is 1.43 bits per heavy atom. The molecule has 0 aliphatic heterocycles. The van der Waals surface area contributed by atoms with Gasteiger partial charge in [0, 0.05) is 18.2 Å². The van der Waals surface area contributed by atoms with Gasteiger partial charge in [-0.1, -0.05) is 6.92 Å². The Labute approximate surface area is 124 Å². The number of likely N-dealkylation sites (N-methyl/N-ethyl adjacent to an activating group) is 1. The van der Waals surface area contributed by atoms with Gasteiger partial charge in [0.05, 0.1) is 5.69 Å². The van der Waals surface area contributed by atoms with Gasteiger partial charge in [0.15, 0.2) is 0 Å². The zero-order valence-corrected chi connectivity index (χ0v) is 12.6. The highest BCUT2D eigenvalue weighted by molar-refractivity contribution is 5.94. The van der Waals surface area contributed by atoms with Crippen LogP contribution in [0, 0.1) is 6.92 Å². The molecule has 0 saturated carbocycles. The SMILES string of the molecule is CCN[C@H](C)CNC(=O)c1ccc(-n2cncn2)c(C)c1. The second-order valence-corrected chi connectivity index (χ2v) is 5.01. The molecule has 0 aliphatic rings. The molecule has 6 heteroatoms. The third-order valence-corrected chi connectivity index (χ3v) is 3.25. The van der Waals surface area contributed by atoms with E-state index < -0.39 is 0 Å². The lowest BCUT2D eigenvalue weighted by atomic mass is 10.1. The van der Waals surface area contributed by atoms with E-state index in [4.69, 9.17) is 0 Å². The van der Waals surface area contributed by atoms with E-state index in [2.05, 4.69) is 20.7 Å². The van der Waals surface area contributed by atoms with Crippen molar-refractivity contribution >= 4 is 5.91 Å². The Hall–Kier alpha value is -2.21. The first-order valence-electron chi connectivity index (χ1n) is 7.09. The maximum Gasteiger partial charge on any atom is 0.251 e. The molecule has 0 bridgehead atoms. The van der Waals surface area contributed by atoms with Gasteiger partial charge in [-0.2, -0.15) is 5.10 Å². The molecule has 0 radical (unpaired) electrons. The largest absolute Gasteiger partial charge is 0.350 e. The lowest BCUT2D eigenvalue weighted by Crippen LogP contribution is -2.38. The van der Waals surface area contributed by atoms with Crippen LogP contribution in [0.25, 0.3) is 5.69 Å². The molecule has 1 atom stereocenters. The highest BCUT2D eigenvalue weighted by Gasteiger charge is 2.10. The number of nitrogens with one attached hydrogen (secondary N) is 2. The molecule has 21 heavy (non-hydrogen) atoms.